The van der Waals surface area contributed by atoms with Crippen molar-refractivity contribution in [3.05, 3.63) is 59.5 Å². The summed E-state index contributed by atoms with van der Waals surface area (Å²) >= 11 is 0. The SMILES string of the molecule is Cc1ccc(/C=N/NC(=O)CNC(=O)Cc2ccccc2)o1. The Morgan fingerprint density at radius 3 is 2.59 bits per heavy atom. The summed E-state index contributed by atoms with van der Waals surface area (Å²) in [6.45, 7) is 1.69. The van der Waals surface area contributed by atoms with Gasteiger partial charge >= 0.3 is 0 Å². The van der Waals surface area contributed by atoms with Crippen molar-refractivity contribution in [3.8, 4) is 0 Å². The number of amides is 2. The fourth-order valence-electron chi connectivity index (χ4n) is 1.75. The molecule has 2 rings (SSSR count). The summed E-state index contributed by atoms with van der Waals surface area (Å²) < 4.78 is 5.26. The van der Waals surface area contributed by atoms with Crippen LogP contribution in [0, 0.1) is 6.92 Å². The highest BCUT2D eigenvalue weighted by Crippen LogP contribution is 2.02. The Morgan fingerprint density at radius 2 is 1.91 bits per heavy atom. The van der Waals surface area contributed by atoms with E-state index in [9.17, 15) is 9.59 Å². The molecule has 2 amide bonds. The van der Waals surface area contributed by atoms with Crippen LogP contribution >= 0.6 is 0 Å². The Labute approximate surface area is 128 Å². The second kappa shape index (κ2) is 7.78. The zero-order valence-electron chi connectivity index (χ0n) is 12.2. The van der Waals surface area contributed by atoms with Gasteiger partial charge in [0, 0.05) is 0 Å². The van der Waals surface area contributed by atoms with Crippen LogP contribution in [0.3, 0.4) is 0 Å². The third-order valence-electron chi connectivity index (χ3n) is 2.80. The number of carbonyl (C=O) groups excluding carboxylic acids is 2. The lowest BCUT2D eigenvalue weighted by Crippen LogP contribution is -2.35. The van der Waals surface area contributed by atoms with Gasteiger partial charge in [-0.05, 0) is 24.6 Å². The molecule has 0 spiro atoms. The molecule has 6 nitrogen and oxygen atoms in total. The number of hydrogen-bond acceptors (Lipinski definition) is 4. The number of carbonyl (C=O) groups is 2. The standard InChI is InChI=1S/C16H17N3O3/c1-12-7-8-14(22-12)10-18-19-16(21)11-17-15(20)9-13-5-3-2-4-6-13/h2-8,10H,9,11H2,1H3,(H,17,20)(H,19,21)/b18-10+. The van der Waals surface area contributed by atoms with E-state index in [0.717, 1.165) is 11.3 Å². The normalized spacial score (nSPS) is 10.6. The molecule has 22 heavy (non-hydrogen) atoms. The van der Waals surface area contributed by atoms with Crippen molar-refractivity contribution < 1.29 is 14.0 Å². The zero-order chi connectivity index (χ0) is 15.8. The lowest BCUT2D eigenvalue weighted by Gasteiger charge is -2.04. The summed E-state index contributed by atoms with van der Waals surface area (Å²) in [5.74, 6) is 0.694. The Bertz CT molecular complexity index is 662. The van der Waals surface area contributed by atoms with Crippen molar-refractivity contribution in [2.24, 2.45) is 5.10 Å². The average molecular weight is 299 g/mol. The number of benzene rings is 1. The molecule has 0 radical (unpaired) electrons. The lowest BCUT2D eigenvalue weighted by atomic mass is 10.1. The summed E-state index contributed by atoms with van der Waals surface area (Å²) in [5, 5.41) is 6.28. The summed E-state index contributed by atoms with van der Waals surface area (Å²) in [7, 11) is 0. The van der Waals surface area contributed by atoms with Crippen molar-refractivity contribution in [2.45, 2.75) is 13.3 Å². The Balaban J connectivity index is 1.69. The van der Waals surface area contributed by atoms with Crippen LogP contribution in [0.15, 0.2) is 52.0 Å². The first-order chi connectivity index (χ1) is 10.6. The van der Waals surface area contributed by atoms with Gasteiger partial charge in [0.05, 0.1) is 19.2 Å². The fraction of sp³-hybridized carbons (Fsp3) is 0.188. The summed E-state index contributed by atoms with van der Waals surface area (Å²) in [5.41, 5.74) is 3.21. The van der Waals surface area contributed by atoms with Crippen molar-refractivity contribution in [3.63, 3.8) is 0 Å². The van der Waals surface area contributed by atoms with Gasteiger partial charge in [0.15, 0.2) is 0 Å². The first-order valence-electron chi connectivity index (χ1n) is 6.82. The predicted molar refractivity (Wildman–Crippen MR) is 82.3 cm³/mol. The maximum absolute atomic E-state index is 11.7. The Kier molecular flexibility index (Phi) is 5.48. The molecule has 6 heteroatoms. The van der Waals surface area contributed by atoms with E-state index < -0.39 is 5.91 Å². The van der Waals surface area contributed by atoms with Gasteiger partial charge in [0.25, 0.3) is 5.91 Å². The van der Waals surface area contributed by atoms with Gasteiger partial charge in [-0.2, -0.15) is 5.10 Å². The van der Waals surface area contributed by atoms with E-state index in [1.54, 1.807) is 12.1 Å². The van der Waals surface area contributed by atoms with E-state index in [1.165, 1.54) is 6.21 Å². The van der Waals surface area contributed by atoms with Crippen LogP contribution in [0.25, 0.3) is 0 Å². The van der Waals surface area contributed by atoms with Gasteiger partial charge in [-0.1, -0.05) is 30.3 Å². The Hall–Kier alpha value is -2.89. The number of aryl methyl sites for hydroxylation is 1. The van der Waals surface area contributed by atoms with Gasteiger partial charge in [-0.3, -0.25) is 9.59 Å². The van der Waals surface area contributed by atoms with Gasteiger partial charge in [0.1, 0.15) is 11.5 Å². The van der Waals surface area contributed by atoms with E-state index in [2.05, 4.69) is 15.8 Å². The van der Waals surface area contributed by atoms with Crippen LogP contribution in [0.4, 0.5) is 0 Å². The molecule has 0 saturated heterocycles. The topological polar surface area (TPSA) is 83.7 Å². The summed E-state index contributed by atoms with van der Waals surface area (Å²) in [6.07, 6.45) is 1.64. The van der Waals surface area contributed by atoms with Crippen molar-refractivity contribution >= 4 is 18.0 Å². The molecule has 114 valence electrons. The molecule has 0 unspecified atom stereocenters. The predicted octanol–water partition coefficient (Wildman–Crippen LogP) is 1.40. The van der Waals surface area contributed by atoms with E-state index >= 15 is 0 Å². The average Bonchev–Trinajstić information content (AvgIpc) is 2.92. The van der Waals surface area contributed by atoms with Crippen LogP contribution in [0.2, 0.25) is 0 Å². The molecular formula is C16H17N3O3. The van der Waals surface area contributed by atoms with Crippen molar-refractivity contribution in [2.75, 3.05) is 6.54 Å². The number of furan rings is 1. The fourth-order valence-corrected chi connectivity index (χ4v) is 1.75. The van der Waals surface area contributed by atoms with Gasteiger partial charge in [-0.15, -0.1) is 0 Å². The quantitative estimate of drug-likeness (QED) is 0.624. The minimum absolute atomic E-state index is 0.125. The van der Waals surface area contributed by atoms with Crippen LogP contribution in [0.1, 0.15) is 17.1 Å². The second-order valence-electron chi connectivity index (χ2n) is 4.68. The van der Waals surface area contributed by atoms with Crippen LogP contribution in [-0.4, -0.2) is 24.6 Å². The van der Waals surface area contributed by atoms with E-state index in [0.29, 0.717) is 5.76 Å². The molecule has 0 aliphatic heterocycles. The van der Waals surface area contributed by atoms with Crippen LogP contribution in [-0.2, 0) is 16.0 Å². The molecule has 2 N–H and O–H groups in total. The summed E-state index contributed by atoms with van der Waals surface area (Å²) in [6, 6.07) is 12.9. The maximum atomic E-state index is 11.7. The number of hydrazone groups is 1. The molecule has 0 atom stereocenters. The molecule has 1 aromatic carbocycles. The molecule has 0 saturated carbocycles. The molecule has 0 fully saturated rings. The van der Waals surface area contributed by atoms with Crippen LogP contribution in [0.5, 0.6) is 0 Å². The maximum Gasteiger partial charge on any atom is 0.259 e. The van der Waals surface area contributed by atoms with Crippen molar-refractivity contribution in [1.82, 2.24) is 10.7 Å². The van der Waals surface area contributed by atoms with E-state index in [-0.39, 0.29) is 18.9 Å². The molecule has 2 aromatic rings. The minimum Gasteiger partial charge on any atom is -0.460 e. The number of hydrogen-bond donors (Lipinski definition) is 2. The first-order valence-corrected chi connectivity index (χ1v) is 6.82. The van der Waals surface area contributed by atoms with Gasteiger partial charge in [-0.25, -0.2) is 5.43 Å². The van der Waals surface area contributed by atoms with E-state index in [1.807, 2.05) is 37.3 Å². The molecular weight excluding hydrogens is 282 g/mol. The highest BCUT2D eigenvalue weighted by Gasteiger charge is 2.05. The summed E-state index contributed by atoms with van der Waals surface area (Å²) in [4.78, 5) is 23.2. The largest absolute Gasteiger partial charge is 0.460 e. The second-order valence-corrected chi connectivity index (χ2v) is 4.68. The molecule has 1 heterocycles. The monoisotopic (exact) mass is 299 g/mol. The zero-order valence-corrected chi connectivity index (χ0v) is 12.2. The lowest BCUT2D eigenvalue weighted by molar-refractivity contribution is -0.125. The van der Waals surface area contributed by atoms with Gasteiger partial charge < -0.3 is 9.73 Å². The van der Waals surface area contributed by atoms with Crippen LogP contribution < -0.4 is 10.7 Å². The molecule has 1 aromatic heterocycles. The number of nitrogens with zero attached hydrogens (tertiary/aromatic N) is 1. The third-order valence-corrected chi connectivity index (χ3v) is 2.80. The highest BCUT2D eigenvalue weighted by atomic mass is 16.3. The molecule has 0 aliphatic carbocycles. The minimum atomic E-state index is -0.402. The smallest absolute Gasteiger partial charge is 0.259 e. The Morgan fingerprint density at radius 1 is 1.14 bits per heavy atom. The van der Waals surface area contributed by atoms with Crippen molar-refractivity contribution in [1.29, 1.82) is 0 Å². The molecule has 0 bridgehead atoms. The number of nitrogens with one attached hydrogen (secondary N) is 2. The van der Waals surface area contributed by atoms with E-state index in [4.69, 9.17) is 4.42 Å². The number of rotatable bonds is 6. The first kappa shape index (κ1) is 15.5. The third kappa shape index (κ3) is 5.24. The van der Waals surface area contributed by atoms with Gasteiger partial charge in [0.2, 0.25) is 5.91 Å². The molecule has 0 aliphatic rings. The highest BCUT2D eigenvalue weighted by molar-refractivity contribution is 5.86.